The molecule has 0 aliphatic carbocycles. The Morgan fingerprint density at radius 1 is 1.24 bits per heavy atom. The topological polar surface area (TPSA) is 106 Å². The quantitative estimate of drug-likeness (QED) is 0.451. The molecule has 0 saturated carbocycles. The zero-order valence-electron chi connectivity index (χ0n) is 17.5. The zero-order chi connectivity index (χ0) is 24.3. The number of sulfonamides is 1. The molecule has 3 rings (SSSR count). The first-order valence-electron chi connectivity index (χ1n) is 9.45. The number of aromatic nitrogens is 1. The normalized spacial score (nSPS) is 12.5. The van der Waals surface area contributed by atoms with Crippen LogP contribution >= 0.6 is 11.3 Å². The maximum absolute atomic E-state index is 14.1. The Morgan fingerprint density at radius 2 is 1.91 bits per heavy atom. The van der Waals surface area contributed by atoms with Crippen LogP contribution in [0.3, 0.4) is 0 Å². The van der Waals surface area contributed by atoms with Crippen molar-refractivity contribution >= 4 is 32.2 Å². The first-order valence-corrected chi connectivity index (χ1v) is 12.2. The number of benzene rings is 2. The van der Waals surface area contributed by atoms with E-state index >= 15 is 0 Å². The molecule has 0 aliphatic rings. The third-order valence-corrected chi connectivity index (χ3v) is 6.25. The molecule has 0 fully saturated rings. The summed E-state index contributed by atoms with van der Waals surface area (Å²) < 4.78 is 65.0. The van der Waals surface area contributed by atoms with E-state index in [4.69, 9.17) is 5.26 Å². The van der Waals surface area contributed by atoms with E-state index in [1.54, 1.807) is 36.1 Å². The maximum Gasteiger partial charge on any atom is 0.266 e. The van der Waals surface area contributed by atoms with Crippen LogP contribution in [0.1, 0.15) is 39.9 Å². The molecule has 2 N–H and O–H groups in total. The van der Waals surface area contributed by atoms with Crippen LogP contribution in [0.2, 0.25) is 0 Å². The SMILES string of the molecule is Cc1sc(N(Cc2ccc(C(F)F)c(F)c2)c2ccc(C#N)cc2)nc1C(O)NS(C)(=O)=O. The van der Waals surface area contributed by atoms with Crippen LogP contribution < -0.4 is 9.62 Å². The van der Waals surface area contributed by atoms with Crippen molar-refractivity contribution < 1.29 is 26.7 Å². The van der Waals surface area contributed by atoms with Gasteiger partial charge >= 0.3 is 0 Å². The van der Waals surface area contributed by atoms with Crippen LogP contribution in [0.15, 0.2) is 42.5 Å². The lowest BCUT2D eigenvalue weighted by Gasteiger charge is -2.22. The number of nitrogens with one attached hydrogen (secondary N) is 1. The van der Waals surface area contributed by atoms with Gasteiger partial charge in [-0.3, -0.25) is 0 Å². The van der Waals surface area contributed by atoms with E-state index in [0.717, 1.165) is 29.7 Å². The number of alkyl halides is 2. The van der Waals surface area contributed by atoms with E-state index in [1.165, 1.54) is 6.07 Å². The number of aliphatic hydroxyl groups is 1. The van der Waals surface area contributed by atoms with E-state index in [9.17, 15) is 26.7 Å². The largest absolute Gasteiger partial charge is 0.372 e. The fraction of sp³-hybridized carbons (Fsp3) is 0.238. The highest BCUT2D eigenvalue weighted by Crippen LogP contribution is 2.35. The van der Waals surface area contributed by atoms with Gasteiger partial charge in [0, 0.05) is 10.6 Å². The second-order valence-electron chi connectivity index (χ2n) is 7.13. The van der Waals surface area contributed by atoms with Crippen molar-refractivity contribution in [2.75, 3.05) is 11.2 Å². The van der Waals surface area contributed by atoms with Crippen molar-refractivity contribution in [1.82, 2.24) is 9.71 Å². The van der Waals surface area contributed by atoms with Gasteiger partial charge in [0.05, 0.1) is 30.0 Å². The fourth-order valence-corrected chi connectivity index (χ4v) is 4.51. The number of thiazole rings is 1. The molecule has 2 aromatic carbocycles. The Kier molecular flexibility index (Phi) is 7.38. The molecule has 0 spiro atoms. The number of nitrogens with zero attached hydrogens (tertiary/aromatic N) is 3. The van der Waals surface area contributed by atoms with Crippen LogP contribution in [0.4, 0.5) is 24.0 Å². The van der Waals surface area contributed by atoms with Gasteiger partial charge in [0.1, 0.15) is 11.5 Å². The Hall–Kier alpha value is -2.98. The molecule has 33 heavy (non-hydrogen) atoms. The second kappa shape index (κ2) is 9.88. The Morgan fingerprint density at radius 3 is 2.45 bits per heavy atom. The first kappa shape index (κ1) is 24.7. The second-order valence-corrected chi connectivity index (χ2v) is 10.1. The number of hydrogen-bond donors (Lipinski definition) is 2. The van der Waals surface area contributed by atoms with Gasteiger partial charge in [-0.05, 0) is 42.8 Å². The molecule has 3 aromatic rings. The standard InChI is InChI=1S/C21H19F3N4O3S2/c1-12-18(20(29)27-33(2,30)31)26-21(32-12)28(15-6-3-13(10-25)4-7-15)11-14-5-8-16(19(23)24)17(22)9-14/h3-9,19-20,27,29H,11H2,1-2H3. The smallest absolute Gasteiger partial charge is 0.266 e. The summed E-state index contributed by atoms with van der Waals surface area (Å²) in [4.78, 5) is 6.55. The van der Waals surface area contributed by atoms with E-state index in [0.29, 0.717) is 26.8 Å². The first-order chi connectivity index (χ1) is 15.5. The predicted octanol–water partition coefficient (Wildman–Crippen LogP) is 4.28. The lowest BCUT2D eigenvalue weighted by molar-refractivity contribution is 0.146. The third-order valence-electron chi connectivity index (χ3n) is 4.59. The van der Waals surface area contributed by atoms with Gasteiger partial charge in [0.2, 0.25) is 10.0 Å². The molecule has 0 bridgehead atoms. The number of nitriles is 1. The maximum atomic E-state index is 14.1. The van der Waals surface area contributed by atoms with E-state index < -0.39 is 34.1 Å². The molecular weight excluding hydrogens is 477 g/mol. The lowest BCUT2D eigenvalue weighted by Crippen LogP contribution is -2.27. The molecule has 0 aliphatic heterocycles. The molecule has 0 radical (unpaired) electrons. The van der Waals surface area contributed by atoms with Gasteiger partial charge in [-0.25, -0.2) is 26.6 Å². The van der Waals surface area contributed by atoms with Crippen LogP contribution in [0.5, 0.6) is 0 Å². The van der Waals surface area contributed by atoms with E-state index in [2.05, 4.69) is 9.71 Å². The van der Waals surface area contributed by atoms with Gasteiger partial charge in [-0.2, -0.15) is 9.98 Å². The Bertz CT molecular complexity index is 1290. The summed E-state index contributed by atoms with van der Waals surface area (Å²) in [6, 6.07) is 11.8. The van der Waals surface area contributed by atoms with Gasteiger partial charge in [0.25, 0.3) is 6.43 Å². The molecule has 0 amide bonds. The van der Waals surface area contributed by atoms with E-state index in [-0.39, 0.29) is 12.2 Å². The van der Waals surface area contributed by atoms with Crippen LogP contribution in [0, 0.1) is 24.1 Å². The summed E-state index contributed by atoms with van der Waals surface area (Å²) >= 11 is 1.15. The average molecular weight is 497 g/mol. The highest BCUT2D eigenvalue weighted by atomic mass is 32.2. The van der Waals surface area contributed by atoms with Crippen LogP contribution in [-0.2, 0) is 16.6 Å². The zero-order valence-corrected chi connectivity index (χ0v) is 19.1. The predicted molar refractivity (Wildman–Crippen MR) is 118 cm³/mol. The Balaban J connectivity index is 2.02. The monoisotopic (exact) mass is 496 g/mol. The average Bonchev–Trinajstić information content (AvgIpc) is 3.12. The summed E-state index contributed by atoms with van der Waals surface area (Å²) in [7, 11) is -3.71. The third kappa shape index (κ3) is 6.08. The molecule has 7 nitrogen and oxygen atoms in total. The van der Waals surface area contributed by atoms with Crippen LogP contribution in [-0.4, -0.2) is 24.8 Å². The molecule has 12 heteroatoms. The van der Waals surface area contributed by atoms with Crippen molar-refractivity contribution in [3.63, 3.8) is 0 Å². The number of rotatable bonds is 8. The summed E-state index contributed by atoms with van der Waals surface area (Å²) in [5.41, 5.74) is 0.753. The molecule has 1 unspecified atom stereocenters. The van der Waals surface area contributed by atoms with Gasteiger partial charge < -0.3 is 10.0 Å². The summed E-state index contributed by atoms with van der Waals surface area (Å²) in [6.45, 7) is 1.69. The molecule has 1 heterocycles. The minimum Gasteiger partial charge on any atom is -0.372 e. The van der Waals surface area contributed by atoms with Gasteiger partial charge in [-0.1, -0.05) is 12.1 Å². The number of aryl methyl sites for hydroxylation is 1. The number of halogens is 3. The van der Waals surface area contributed by atoms with Gasteiger partial charge in [0.15, 0.2) is 11.4 Å². The van der Waals surface area contributed by atoms with Crippen molar-refractivity contribution in [2.45, 2.75) is 26.1 Å². The van der Waals surface area contributed by atoms with Crippen LogP contribution in [0.25, 0.3) is 0 Å². The Labute approximate surface area is 192 Å². The van der Waals surface area contributed by atoms with Crippen molar-refractivity contribution in [3.05, 3.63) is 75.5 Å². The summed E-state index contributed by atoms with van der Waals surface area (Å²) in [6.07, 6.45) is -3.61. The molecule has 1 aromatic heterocycles. The highest BCUT2D eigenvalue weighted by Gasteiger charge is 2.23. The number of anilines is 2. The molecular formula is C21H19F3N4O3S2. The minimum atomic E-state index is -3.71. The number of hydrogen-bond acceptors (Lipinski definition) is 7. The van der Waals surface area contributed by atoms with E-state index in [1.807, 2.05) is 6.07 Å². The summed E-state index contributed by atoms with van der Waals surface area (Å²) in [5, 5.41) is 19.7. The lowest BCUT2D eigenvalue weighted by atomic mass is 10.1. The fourth-order valence-electron chi connectivity index (χ4n) is 3.04. The van der Waals surface area contributed by atoms with Crippen molar-refractivity contribution in [2.24, 2.45) is 0 Å². The molecule has 174 valence electrons. The highest BCUT2D eigenvalue weighted by molar-refractivity contribution is 7.88. The molecule has 1 atom stereocenters. The van der Waals surface area contributed by atoms with Crippen molar-refractivity contribution in [3.8, 4) is 6.07 Å². The van der Waals surface area contributed by atoms with Crippen molar-refractivity contribution in [1.29, 1.82) is 5.26 Å². The number of aliphatic hydroxyl groups excluding tert-OH is 1. The summed E-state index contributed by atoms with van der Waals surface area (Å²) in [5.74, 6) is -1.04. The van der Waals surface area contributed by atoms with Gasteiger partial charge in [-0.15, -0.1) is 11.3 Å². The minimum absolute atomic E-state index is 0.0360. The molecule has 0 saturated heterocycles.